The Labute approximate surface area is 138 Å². The monoisotopic (exact) mass is 327 g/mol. The fraction of sp³-hybridized carbons (Fsp3) is 0.176. The molecule has 1 heterocycles. The first-order valence-electron chi connectivity index (χ1n) is 6.97. The first-order valence-corrected chi connectivity index (χ1v) is 8.34. The van der Waals surface area contributed by atoms with E-state index in [1.165, 1.54) is 5.56 Å². The average Bonchev–Trinajstić information content (AvgIpc) is 2.85. The highest BCUT2D eigenvalue weighted by Gasteiger charge is 2.12. The van der Waals surface area contributed by atoms with Crippen molar-refractivity contribution in [2.45, 2.75) is 18.1 Å². The Hall–Kier alpha value is -1.96. The Morgan fingerprint density at radius 3 is 2.77 bits per heavy atom. The molecule has 0 aliphatic heterocycles. The molecule has 0 saturated heterocycles. The normalized spacial score (nSPS) is 10.7. The summed E-state index contributed by atoms with van der Waals surface area (Å²) >= 11 is 7.68. The average molecular weight is 328 g/mol. The lowest BCUT2D eigenvalue weighted by atomic mass is 10.2. The standard InChI is InChI=1S/C17H14ClN3S/c18-14-7-8-16-15(11-14)20-17(22-10-4-9-19)21(16)12-13-5-2-1-3-6-13/h1-3,5-8,11H,4,10,12H2. The van der Waals surface area contributed by atoms with Gasteiger partial charge in [0.25, 0.3) is 0 Å². The topological polar surface area (TPSA) is 41.6 Å². The van der Waals surface area contributed by atoms with Crippen LogP contribution in [0.4, 0.5) is 0 Å². The third-order valence-corrected chi connectivity index (χ3v) is 4.52. The third kappa shape index (κ3) is 3.27. The van der Waals surface area contributed by atoms with Crippen LogP contribution in [0.5, 0.6) is 0 Å². The maximum atomic E-state index is 8.72. The lowest BCUT2D eigenvalue weighted by Gasteiger charge is -2.08. The van der Waals surface area contributed by atoms with Gasteiger partial charge >= 0.3 is 0 Å². The van der Waals surface area contributed by atoms with Crippen molar-refractivity contribution in [2.24, 2.45) is 0 Å². The minimum Gasteiger partial charge on any atom is -0.314 e. The zero-order valence-corrected chi connectivity index (χ0v) is 13.4. The molecule has 3 nitrogen and oxygen atoms in total. The van der Waals surface area contributed by atoms with Crippen molar-refractivity contribution in [3.05, 3.63) is 59.1 Å². The molecule has 0 amide bonds. The number of nitrogens with zero attached hydrogens (tertiary/aromatic N) is 3. The van der Waals surface area contributed by atoms with Crippen LogP contribution >= 0.6 is 23.4 Å². The minimum atomic E-state index is 0.514. The van der Waals surface area contributed by atoms with Gasteiger partial charge in [-0.05, 0) is 23.8 Å². The molecule has 0 spiro atoms. The number of fused-ring (bicyclic) bond motifs is 1. The Balaban J connectivity index is 2.00. The van der Waals surface area contributed by atoms with Crippen LogP contribution < -0.4 is 0 Å². The number of imidazole rings is 1. The molecule has 0 unspecified atom stereocenters. The smallest absolute Gasteiger partial charge is 0.169 e. The largest absolute Gasteiger partial charge is 0.314 e. The highest BCUT2D eigenvalue weighted by molar-refractivity contribution is 7.99. The van der Waals surface area contributed by atoms with Gasteiger partial charge in [0.05, 0.1) is 23.6 Å². The quantitative estimate of drug-likeness (QED) is 0.502. The number of thioether (sulfide) groups is 1. The van der Waals surface area contributed by atoms with Crippen LogP contribution in [0.15, 0.2) is 53.7 Å². The van der Waals surface area contributed by atoms with Crippen LogP contribution in [0.2, 0.25) is 5.02 Å². The summed E-state index contributed by atoms with van der Waals surface area (Å²) in [4.78, 5) is 4.67. The summed E-state index contributed by atoms with van der Waals surface area (Å²) in [6.07, 6.45) is 0.514. The van der Waals surface area contributed by atoms with Crippen molar-refractivity contribution in [2.75, 3.05) is 5.75 Å². The molecule has 0 atom stereocenters. The van der Waals surface area contributed by atoms with Crippen molar-refractivity contribution in [3.63, 3.8) is 0 Å². The molecule has 0 N–H and O–H groups in total. The summed E-state index contributed by atoms with van der Waals surface area (Å²) in [5, 5.41) is 10.3. The summed E-state index contributed by atoms with van der Waals surface area (Å²) in [7, 11) is 0. The van der Waals surface area contributed by atoms with Gasteiger partial charge in [-0.1, -0.05) is 53.7 Å². The number of rotatable bonds is 5. The summed E-state index contributed by atoms with van der Waals surface area (Å²) in [6.45, 7) is 0.758. The van der Waals surface area contributed by atoms with Gasteiger partial charge in [0.2, 0.25) is 0 Å². The van der Waals surface area contributed by atoms with E-state index in [4.69, 9.17) is 16.9 Å². The van der Waals surface area contributed by atoms with E-state index in [0.29, 0.717) is 11.4 Å². The SMILES string of the molecule is N#CCCSc1nc2cc(Cl)ccc2n1Cc1ccccc1. The Morgan fingerprint density at radius 1 is 1.18 bits per heavy atom. The van der Waals surface area contributed by atoms with Crippen LogP contribution in [0, 0.1) is 11.3 Å². The molecule has 0 aliphatic carbocycles. The first kappa shape index (κ1) is 15.0. The Bertz CT molecular complexity index is 821. The molecule has 3 rings (SSSR count). The van der Waals surface area contributed by atoms with E-state index in [2.05, 4.69) is 27.8 Å². The third-order valence-electron chi connectivity index (χ3n) is 3.30. The fourth-order valence-electron chi connectivity index (χ4n) is 2.30. The molecule has 110 valence electrons. The second-order valence-corrected chi connectivity index (χ2v) is 6.35. The van der Waals surface area contributed by atoms with Gasteiger partial charge < -0.3 is 4.57 Å². The van der Waals surface area contributed by atoms with E-state index < -0.39 is 0 Å². The fourth-order valence-corrected chi connectivity index (χ4v) is 3.32. The lowest BCUT2D eigenvalue weighted by molar-refractivity contribution is 0.731. The second-order valence-electron chi connectivity index (χ2n) is 4.86. The highest BCUT2D eigenvalue weighted by atomic mass is 35.5. The van der Waals surface area contributed by atoms with Crippen molar-refractivity contribution >= 4 is 34.4 Å². The predicted octanol–water partition coefficient (Wildman–Crippen LogP) is 4.74. The zero-order valence-electron chi connectivity index (χ0n) is 11.9. The molecular formula is C17H14ClN3S. The van der Waals surface area contributed by atoms with Crippen LogP contribution in [0.3, 0.4) is 0 Å². The van der Waals surface area contributed by atoms with E-state index in [9.17, 15) is 0 Å². The van der Waals surface area contributed by atoms with Gasteiger partial charge in [-0.25, -0.2) is 4.98 Å². The Morgan fingerprint density at radius 2 is 2.00 bits per heavy atom. The minimum absolute atomic E-state index is 0.514. The van der Waals surface area contributed by atoms with Gasteiger partial charge in [-0.3, -0.25) is 0 Å². The number of halogens is 1. The second kappa shape index (κ2) is 6.87. The molecular weight excluding hydrogens is 314 g/mol. The highest BCUT2D eigenvalue weighted by Crippen LogP contribution is 2.27. The van der Waals surface area contributed by atoms with Gasteiger partial charge in [-0.2, -0.15) is 5.26 Å². The van der Waals surface area contributed by atoms with Crippen LogP contribution in [0.25, 0.3) is 11.0 Å². The van der Waals surface area contributed by atoms with Crippen molar-refractivity contribution in [3.8, 4) is 6.07 Å². The summed E-state index contributed by atoms with van der Waals surface area (Å²) < 4.78 is 2.18. The van der Waals surface area contributed by atoms with E-state index in [-0.39, 0.29) is 0 Å². The number of hydrogen-bond acceptors (Lipinski definition) is 3. The molecule has 22 heavy (non-hydrogen) atoms. The lowest BCUT2D eigenvalue weighted by Crippen LogP contribution is -2.01. The van der Waals surface area contributed by atoms with Crippen LogP contribution in [-0.4, -0.2) is 15.3 Å². The molecule has 0 saturated carbocycles. The van der Waals surface area contributed by atoms with Crippen molar-refractivity contribution in [1.29, 1.82) is 5.26 Å². The van der Waals surface area contributed by atoms with Gasteiger partial charge in [0, 0.05) is 17.2 Å². The molecule has 3 aromatic rings. The summed E-state index contributed by atoms with van der Waals surface area (Å²) in [5.74, 6) is 0.738. The zero-order chi connectivity index (χ0) is 15.4. The molecule has 1 aromatic heterocycles. The maximum Gasteiger partial charge on any atom is 0.169 e. The molecule has 0 bridgehead atoms. The van der Waals surface area contributed by atoms with E-state index in [1.807, 2.05) is 36.4 Å². The Kier molecular flexibility index (Phi) is 4.67. The summed E-state index contributed by atoms with van der Waals surface area (Å²) in [5.41, 5.74) is 3.18. The van der Waals surface area contributed by atoms with E-state index >= 15 is 0 Å². The predicted molar refractivity (Wildman–Crippen MR) is 91.2 cm³/mol. The number of benzene rings is 2. The maximum absolute atomic E-state index is 8.72. The van der Waals surface area contributed by atoms with Crippen LogP contribution in [-0.2, 0) is 6.54 Å². The van der Waals surface area contributed by atoms with Crippen LogP contribution in [0.1, 0.15) is 12.0 Å². The van der Waals surface area contributed by atoms with Gasteiger partial charge in [0.1, 0.15) is 0 Å². The number of aromatic nitrogens is 2. The van der Waals surface area contributed by atoms with Crippen molar-refractivity contribution in [1.82, 2.24) is 9.55 Å². The van der Waals surface area contributed by atoms with Gasteiger partial charge in [-0.15, -0.1) is 0 Å². The van der Waals surface area contributed by atoms with Gasteiger partial charge in [0.15, 0.2) is 5.16 Å². The molecule has 0 aliphatic rings. The van der Waals surface area contributed by atoms with E-state index in [0.717, 1.165) is 28.5 Å². The first-order chi connectivity index (χ1) is 10.8. The molecule has 0 radical (unpaired) electrons. The number of nitriles is 1. The molecule has 5 heteroatoms. The molecule has 0 fully saturated rings. The van der Waals surface area contributed by atoms with Crippen molar-refractivity contribution < 1.29 is 0 Å². The van der Waals surface area contributed by atoms with E-state index in [1.54, 1.807) is 11.8 Å². The molecule has 2 aromatic carbocycles. The number of hydrogen-bond donors (Lipinski definition) is 0. The summed E-state index contributed by atoms with van der Waals surface area (Å²) in [6, 6.07) is 18.2.